The van der Waals surface area contributed by atoms with Gasteiger partial charge in [-0.2, -0.15) is 0 Å². The van der Waals surface area contributed by atoms with E-state index in [1.807, 2.05) is 29.2 Å². The molecule has 6 heteroatoms. The number of hydrogen-bond acceptors (Lipinski definition) is 4. The fourth-order valence-electron chi connectivity index (χ4n) is 3.56. The van der Waals surface area contributed by atoms with Gasteiger partial charge in [-0.25, -0.2) is 0 Å². The van der Waals surface area contributed by atoms with E-state index in [2.05, 4.69) is 12.2 Å². The van der Waals surface area contributed by atoms with Gasteiger partial charge in [-0.1, -0.05) is 25.1 Å². The molecule has 134 valence electrons. The molecule has 1 amide bonds. The molecule has 3 unspecified atom stereocenters. The Bertz CT molecular complexity index is 555. The van der Waals surface area contributed by atoms with Gasteiger partial charge in [0.15, 0.2) is 0 Å². The van der Waals surface area contributed by atoms with Crippen LogP contribution in [0.15, 0.2) is 24.3 Å². The van der Waals surface area contributed by atoms with Gasteiger partial charge >= 0.3 is 0 Å². The van der Waals surface area contributed by atoms with Crippen molar-refractivity contribution >= 4 is 18.3 Å². The van der Waals surface area contributed by atoms with Crippen LogP contribution in [0.25, 0.3) is 0 Å². The van der Waals surface area contributed by atoms with E-state index in [0.29, 0.717) is 6.54 Å². The van der Waals surface area contributed by atoms with E-state index in [9.17, 15) is 4.79 Å². The molecular formula is C18H27ClN2O3. The van der Waals surface area contributed by atoms with Crippen LogP contribution in [-0.2, 0) is 9.53 Å². The second-order valence-electron chi connectivity index (χ2n) is 6.23. The summed E-state index contributed by atoms with van der Waals surface area (Å²) in [4.78, 5) is 14.9. The molecule has 2 fully saturated rings. The molecule has 0 aliphatic carbocycles. The van der Waals surface area contributed by atoms with Gasteiger partial charge in [-0.3, -0.25) is 4.79 Å². The van der Waals surface area contributed by atoms with Crippen molar-refractivity contribution in [2.45, 2.75) is 44.4 Å². The fraction of sp³-hybridized carbons (Fsp3) is 0.611. The first kappa shape index (κ1) is 19.0. The van der Waals surface area contributed by atoms with E-state index in [4.69, 9.17) is 9.47 Å². The van der Waals surface area contributed by atoms with Crippen molar-refractivity contribution < 1.29 is 14.3 Å². The van der Waals surface area contributed by atoms with Crippen molar-refractivity contribution in [2.75, 3.05) is 26.7 Å². The lowest BCUT2D eigenvalue weighted by Crippen LogP contribution is -2.51. The van der Waals surface area contributed by atoms with E-state index >= 15 is 0 Å². The normalized spacial score (nSPS) is 26.8. The van der Waals surface area contributed by atoms with E-state index in [0.717, 1.165) is 43.7 Å². The summed E-state index contributed by atoms with van der Waals surface area (Å²) >= 11 is 0. The second kappa shape index (κ2) is 8.70. The van der Waals surface area contributed by atoms with Crippen LogP contribution < -0.4 is 10.1 Å². The van der Waals surface area contributed by atoms with E-state index in [1.54, 1.807) is 7.11 Å². The van der Waals surface area contributed by atoms with Gasteiger partial charge in [0.05, 0.1) is 19.3 Å². The number of ether oxygens (including phenoxy) is 2. The summed E-state index contributed by atoms with van der Waals surface area (Å²) in [6.45, 7) is 4.38. The second-order valence-corrected chi connectivity index (χ2v) is 6.23. The number of amides is 1. The molecule has 0 aromatic heterocycles. The number of para-hydroxylation sites is 1. The van der Waals surface area contributed by atoms with Crippen molar-refractivity contribution in [2.24, 2.45) is 0 Å². The number of carbonyl (C=O) groups excluding carboxylic acids is 1. The molecule has 3 atom stereocenters. The topological polar surface area (TPSA) is 50.8 Å². The number of rotatable bonds is 4. The third kappa shape index (κ3) is 3.85. The Morgan fingerprint density at radius 3 is 2.88 bits per heavy atom. The van der Waals surface area contributed by atoms with Crippen molar-refractivity contribution in [1.82, 2.24) is 10.2 Å². The largest absolute Gasteiger partial charge is 0.496 e. The predicted molar refractivity (Wildman–Crippen MR) is 95.8 cm³/mol. The van der Waals surface area contributed by atoms with Crippen LogP contribution in [0.1, 0.15) is 37.8 Å². The number of carbonyl (C=O) groups is 1. The van der Waals surface area contributed by atoms with Crippen LogP contribution in [-0.4, -0.2) is 49.8 Å². The molecule has 2 aliphatic heterocycles. The van der Waals surface area contributed by atoms with Crippen molar-refractivity contribution in [3.8, 4) is 5.75 Å². The van der Waals surface area contributed by atoms with Gasteiger partial charge < -0.3 is 19.7 Å². The monoisotopic (exact) mass is 354 g/mol. The number of nitrogens with zero attached hydrogens (tertiary/aromatic N) is 1. The third-order valence-corrected chi connectivity index (χ3v) is 4.86. The summed E-state index contributed by atoms with van der Waals surface area (Å²) in [5.41, 5.74) is 1.06. The summed E-state index contributed by atoms with van der Waals surface area (Å²) in [5, 5.41) is 3.39. The molecule has 24 heavy (non-hydrogen) atoms. The molecule has 0 saturated carbocycles. The van der Waals surface area contributed by atoms with E-state index < -0.39 is 0 Å². The molecule has 0 spiro atoms. The highest BCUT2D eigenvalue weighted by atomic mass is 35.5. The van der Waals surface area contributed by atoms with Crippen LogP contribution >= 0.6 is 12.4 Å². The molecule has 5 nitrogen and oxygen atoms in total. The predicted octanol–water partition coefficient (Wildman–Crippen LogP) is 2.55. The highest BCUT2D eigenvalue weighted by Gasteiger charge is 2.37. The summed E-state index contributed by atoms with van der Waals surface area (Å²) in [5.74, 6) is 0.955. The van der Waals surface area contributed by atoms with Gasteiger partial charge in [0, 0.05) is 25.2 Å². The van der Waals surface area contributed by atoms with Crippen LogP contribution in [0.3, 0.4) is 0 Å². The average Bonchev–Trinajstić information content (AvgIpc) is 3.10. The molecule has 1 aromatic carbocycles. The standard InChI is InChI=1S/C18H26N2O3.ClH/c1-3-13-8-9-17(23-13)18(21)20-11-10-19-12-15(20)14-6-4-5-7-16(14)22-2;/h4-7,13,15,17,19H,3,8-12H2,1-2H3;1H. The number of hydrogen-bond donors (Lipinski definition) is 1. The van der Waals surface area contributed by atoms with E-state index in [1.165, 1.54) is 0 Å². The summed E-state index contributed by atoms with van der Waals surface area (Å²) in [7, 11) is 1.67. The number of benzene rings is 1. The first-order valence-corrected chi connectivity index (χ1v) is 8.54. The average molecular weight is 355 g/mol. The number of nitrogens with one attached hydrogen (secondary N) is 1. The van der Waals surface area contributed by atoms with E-state index in [-0.39, 0.29) is 36.6 Å². The van der Waals surface area contributed by atoms with Gasteiger partial charge in [0.2, 0.25) is 0 Å². The molecule has 2 saturated heterocycles. The molecule has 0 bridgehead atoms. The number of methoxy groups -OCH3 is 1. The lowest BCUT2D eigenvalue weighted by Gasteiger charge is -2.38. The minimum atomic E-state index is -0.282. The maximum absolute atomic E-state index is 13.0. The fourth-order valence-corrected chi connectivity index (χ4v) is 3.56. The molecule has 3 rings (SSSR count). The van der Waals surface area contributed by atoms with Crippen LogP contribution in [0.2, 0.25) is 0 Å². The Balaban J connectivity index is 0.00000208. The summed E-state index contributed by atoms with van der Waals surface area (Å²) in [6.07, 6.45) is 2.74. The van der Waals surface area contributed by atoms with Crippen molar-refractivity contribution in [1.29, 1.82) is 0 Å². The smallest absolute Gasteiger partial charge is 0.252 e. The zero-order valence-electron chi connectivity index (χ0n) is 14.4. The van der Waals surface area contributed by atoms with Crippen LogP contribution in [0.5, 0.6) is 5.75 Å². The van der Waals surface area contributed by atoms with Gasteiger partial charge in [-0.05, 0) is 25.3 Å². The van der Waals surface area contributed by atoms with Crippen molar-refractivity contribution in [3.63, 3.8) is 0 Å². The third-order valence-electron chi connectivity index (χ3n) is 4.86. The highest BCUT2D eigenvalue weighted by molar-refractivity contribution is 5.85. The lowest BCUT2D eigenvalue weighted by molar-refractivity contribution is -0.146. The maximum Gasteiger partial charge on any atom is 0.252 e. The first-order valence-electron chi connectivity index (χ1n) is 8.54. The maximum atomic E-state index is 13.0. The Hall–Kier alpha value is -1.30. The van der Waals surface area contributed by atoms with Gasteiger partial charge in [-0.15, -0.1) is 12.4 Å². The lowest BCUT2D eigenvalue weighted by atomic mass is 10.0. The Morgan fingerprint density at radius 1 is 1.38 bits per heavy atom. The molecule has 1 N–H and O–H groups in total. The van der Waals surface area contributed by atoms with Crippen molar-refractivity contribution in [3.05, 3.63) is 29.8 Å². The Morgan fingerprint density at radius 2 is 2.17 bits per heavy atom. The van der Waals surface area contributed by atoms with Gasteiger partial charge in [0.1, 0.15) is 11.9 Å². The number of piperazine rings is 1. The minimum Gasteiger partial charge on any atom is -0.496 e. The van der Waals surface area contributed by atoms with Crippen LogP contribution in [0.4, 0.5) is 0 Å². The van der Waals surface area contributed by atoms with Crippen LogP contribution in [0, 0.1) is 0 Å². The zero-order valence-corrected chi connectivity index (χ0v) is 15.2. The first-order chi connectivity index (χ1) is 11.2. The minimum absolute atomic E-state index is 0. The highest BCUT2D eigenvalue weighted by Crippen LogP contribution is 2.32. The molecule has 2 aliphatic rings. The molecular weight excluding hydrogens is 328 g/mol. The molecule has 2 heterocycles. The van der Waals surface area contributed by atoms with Gasteiger partial charge in [0.25, 0.3) is 5.91 Å². The quantitative estimate of drug-likeness (QED) is 0.902. The Labute approximate surface area is 150 Å². The molecule has 1 aromatic rings. The SMILES string of the molecule is CCC1CCC(C(=O)N2CCNCC2c2ccccc2OC)O1.Cl. The number of halogens is 1. The summed E-state index contributed by atoms with van der Waals surface area (Å²) in [6, 6.07) is 7.94. The Kier molecular flexibility index (Phi) is 6.90. The molecule has 0 radical (unpaired) electrons. The summed E-state index contributed by atoms with van der Waals surface area (Å²) < 4.78 is 11.4. The zero-order chi connectivity index (χ0) is 16.2.